The molecule has 0 aromatic rings. The Labute approximate surface area is 49.0 Å². The van der Waals surface area contributed by atoms with Gasteiger partial charge in [0.05, 0.1) is 4.87 Å². The minimum Gasteiger partial charge on any atom is -0.314 e. The third-order valence-electron chi connectivity index (χ3n) is 0.845. The molecule has 0 fully saturated rings. The summed E-state index contributed by atoms with van der Waals surface area (Å²) in [5.41, 5.74) is 5.56. The van der Waals surface area contributed by atoms with Crippen molar-refractivity contribution in [1.82, 2.24) is 0 Å². The van der Waals surface area contributed by atoms with Crippen LogP contribution in [0.4, 0.5) is 0 Å². The van der Waals surface area contributed by atoms with Crippen molar-refractivity contribution < 1.29 is 0 Å². The highest BCUT2D eigenvalue weighted by Gasteiger charge is 2.08. The molecule has 0 spiro atoms. The SMILES string of the molecule is C=CC(C)(N)SC. The summed E-state index contributed by atoms with van der Waals surface area (Å²) < 4.78 is 0. The van der Waals surface area contributed by atoms with E-state index < -0.39 is 0 Å². The summed E-state index contributed by atoms with van der Waals surface area (Å²) >= 11 is 1.59. The molecule has 0 saturated heterocycles. The van der Waals surface area contributed by atoms with E-state index in [0.29, 0.717) is 0 Å². The summed E-state index contributed by atoms with van der Waals surface area (Å²) in [5, 5.41) is 0. The Bertz CT molecular complexity index is 68.5. The first-order valence-corrected chi connectivity index (χ1v) is 3.32. The van der Waals surface area contributed by atoms with Gasteiger partial charge >= 0.3 is 0 Å². The first-order valence-electron chi connectivity index (χ1n) is 2.10. The molecule has 7 heavy (non-hydrogen) atoms. The van der Waals surface area contributed by atoms with Crippen LogP contribution in [0.3, 0.4) is 0 Å². The van der Waals surface area contributed by atoms with Gasteiger partial charge < -0.3 is 5.73 Å². The first kappa shape index (κ1) is 7.05. The number of hydrogen-bond donors (Lipinski definition) is 1. The quantitative estimate of drug-likeness (QED) is 0.434. The van der Waals surface area contributed by atoms with Crippen LogP contribution in [-0.2, 0) is 0 Å². The zero-order chi connectivity index (χ0) is 5.91. The minimum absolute atomic E-state index is 0.236. The van der Waals surface area contributed by atoms with Gasteiger partial charge in [-0.15, -0.1) is 18.3 Å². The fourth-order valence-corrected chi connectivity index (χ4v) is 0.250. The minimum atomic E-state index is -0.236. The maximum absolute atomic E-state index is 5.56. The number of rotatable bonds is 2. The summed E-state index contributed by atoms with van der Waals surface area (Å²) in [6.45, 7) is 5.48. The molecule has 1 atom stereocenters. The lowest BCUT2D eigenvalue weighted by atomic mass is 10.4. The lowest BCUT2D eigenvalue weighted by Gasteiger charge is -2.14. The Morgan fingerprint density at radius 3 is 2.29 bits per heavy atom. The van der Waals surface area contributed by atoms with Crippen LogP contribution in [0.2, 0.25) is 0 Å². The molecule has 0 radical (unpaired) electrons. The van der Waals surface area contributed by atoms with Crippen LogP contribution in [0.5, 0.6) is 0 Å². The second kappa shape index (κ2) is 2.38. The van der Waals surface area contributed by atoms with Crippen LogP contribution in [0.25, 0.3) is 0 Å². The molecular formula is C5H11NS. The summed E-state index contributed by atoms with van der Waals surface area (Å²) in [6, 6.07) is 0. The zero-order valence-electron chi connectivity index (χ0n) is 4.77. The summed E-state index contributed by atoms with van der Waals surface area (Å²) in [5.74, 6) is 0. The molecule has 0 aliphatic carbocycles. The Kier molecular flexibility index (Phi) is 2.40. The number of thioether (sulfide) groups is 1. The van der Waals surface area contributed by atoms with E-state index in [4.69, 9.17) is 5.73 Å². The first-order chi connectivity index (χ1) is 3.12. The third-order valence-corrected chi connectivity index (χ3v) is 1.89. The van der Waals surface area contributed by atoms with Crippen LogP contribution in [0.1, 0.15) is 6.92 Å². The molecule has 2 N–H and O–H groups in total. The molecule has 0 aliphatic heterocycles. The highest BCUT2D eigenvalue weighted by molar-refractivity contribution is 8.00. The molecule has 2 heteroatoms. The smallest absolute Gasteiger partial charge is 0.0772 e. The van der Waals surface area contributed by atoms with Gasteiger partial charge in [0.1, 0.15) is 0 Å². The molecule has 0 bridgehead atoms. The van der Waals surface area contributed by atoms with E-state index in [0.717, 1.165) is 0 Å². The van der Waals surface area contributed by atoms with Crippen molar-refractivity contribution in [3.63, 3.8) is 0 Å². The van der Waals surface area contributed by atoms with Crippen molar-refractivity contribution in [3.05, 3.63) is 12.7 Å². The average Bonchev–Trinajstić information content (AvgIpc) is 1.68. The summed E-state index contributed by atoms with van der Waals surface area (Å²) in [4.78, 5) is -0.236. The molecular weight excluding hydrogens is 106 g/mol. The number of nitrogens with two attached hydrogens (primary N) is 1. The Hall–Kier alpha value is 0.0500. The van der Waals surface area contributed by atoms with E-state index in [1.54, 1.807) is 17.8 Å². The fourth-order valence-electron chi connectivity index (χ4n) is 0.0833. The molecule has 1 unspecified atom stereocenters. The maximum Gasteiger partial charge on any atom is 0.0772 e. The van der Waals surface area contributed by atoms with Gasteiger partial charge in [0.25, 0.3) is 0 Å². The normalized spacial score (nSPS) is 18.1. The zero-order valence-corrected chi connectivity index (χ0v) is 5.59. The van der Waals surface area contributed by atoms with Crippen molar-refractivity contribution in [3.8, 4) is 0 Å². The van der Waals surface area contributed by atoms with E-state index in [1.165, 1.54) is 0 Å². The van der Waals surface area contributed by atoms with Crippen molar-refractivity contribution in [2.75, 3.05) is 6.26 Å². The lowest BCUT2D eigenvalue weighted by Crippen LogP contribution is -2.27. The molecule has 0 heterocycles. The second-order valence-corrected chi connectivity index (χ2v) is 2.88. The van der Waals surface area contributed by atoms with Gasteiger partial charge in [-0.3, -0.25) is 0 Å². The van der Waals surface area contributed by atoms with Crippen LogP contribution in [0, 0.1) is 0 Å². The Morgan fingerprint density at radius 1 is 1.86 bits per heavy atom. The molecule has 0 aromatic heterocycles. The molecule has 0 amide bonds. The lowest BCUT2D eigenvalue weighted by molar-refractivity contribution is 0.853. The standard InChI is InChI=1S/C5H11NS/c1-4-5(2,6)7-3/h4H,1,6H2,2-3H3. The molecule has 1 nitrogen and oxygen atoms in total. The van der Waals surface area contributed by atoms with Crippen molar-refractivity contribution in [2.24, 2.45) is 5.73 Å². The Morgan fingerprint density at radius 2 is 2.29 bits per heavy atom. The van der Waals surface area contributed by atoms with Gasteiger partial charge in [0.2, 0.25) is 0 Å². The molecule has 0 rings (SSSR count). The van der Waals surface area contributed by atoms with Crippen LogP contribution < -0.4 is 5.73 Å². The van der Waals surface area contributed by atoms with Gasteiger partial charge in [-0.2, -0.15) is 0 Å². The second-order valence-electron chi connectivity index (χ2n) is 1.59. The monoisotopic (exact) mass is 117 g/mol. The van der Waals surface area contributed by atoms with Gasteiger partial charge in [-0.1, -0.05) is 6.08 Å². The highest BCUT2D eigenvalue weighted by Crippen LogP contribution is 2.14. The van der Waals surface area contributed by atoms with Crippen LogP contribution >= 0.6 is 11.8 Å². The van der Waals surface area contributed by atoms with Crippen molar-refractivity contribution in [2.45, 2.75) is 11.8 Å². The molecule has 0 saturated carbocycles. The summed E-state index contributed by atoms with van der Waals surface area (Å²) in [6.07, 6.45) is 3.69. The molecule has 0 aliphatic rings. The molecule has 42 valence electrons. The van der Waals surface area contributed by atoms with E-state index in [9.17, 15) is 0 Å². The predicted molar refractivity (Wildman–Crippen MR) is 36.3 cm³/mol. The third kappa shape index (κ3) is 2.71. The van der Waals surface area contributed by atoms with Crippen molar-refractivity contribution in [1.29, 1.82) is 0 Å². The average molecular weight is 117 g/mol. The maximum atomic E-state index is 5.56. The van der Waals surface area contributed by atoms with E-state index in [2.05, 4.69) is 6.58 Å². The molecule has 0 aromatic carbocycles. The topological polar surface area (TPSA) is 26.0 Å². The fraction of sp³-hybridized carbons (Fsp3) is 0.600. The predicted octanol–water partition coefficient (Wildman–Crippen LogP) is 1.21. The van der Waals surface area contributed by atoms with Crippen LogP contribution in [0.15, 0.2) is 12.7 Å². The van der Waals surface area contributed by atoms with Crippen molar-refractivity contribution >= 4 is 11.8 Å². The Balaban J connectivity index is 3.58. The van der Waals surface area contributed by atoms with E-state index in [1.807, 2.05) is 13.2 Å². The van der Waals surface area contributed by atoms with Gasteiger partial charge in [0.15, 0.2) is 0 Å². The van der Waals surface area contributed by atoms with Gasteiger partial charge in [0, 0.05) is 0 Å². The van der Waals surface area contributed by atoms with E-state index in [-0.39, 0.29) is 4.87 Å². The summed E-state index contributed by atoms with van der Waals surface area (Å²) in [7, 11) is 0. The van der Waals surface area contributed by atoms with Gasteiger partial charge in [-0.05, 0) is 13.2 Å². The van der Waals surface area contributed by atoms with E-state index >= 15 is 0 Å². The highest BCUT2D eigenvalue weighted by atomic mass is 32.2. The van der Waals surface area contributed by atoms with Crippen LogP contribution in [-0.4, -0.2) is 11.1 Å². The number of hydrogen-bond acceptors (Lipinski definition) is 2. The van der Waals surface area contributed by atoms with Gasteiger partial charge in [-0.25, -0.2) is 0 Å². The largest absolute Gasteiger partial charge is 0.314 e.